The lowest BCUT2D eigenvalue weighted by atomic mass is 9.91. The molecule has 100 valence electrons. The van der Waals surface area contributed by atoms with E-state index in [0.29, 0.717) is 6.04 Å². The Balaban J connectivity index is 2.14. The predicted octanol–water partition coefficient (Wildman–Crippen LogP) is 4.88. The molecule has 1 aliphatic rings. The molecule has 0 amide bonds. The number of aryl methyl sites for hydroxylation is 1. The zero-order chi connectivity index (χ0) is 13.0. The third-order valence-corrected chi connectivity index (χ3v) is 4.35. The Morgan fingerprint density at radius 2 is 2.06 bits per heavy atom. The fourth-order valence-corrected chi connectivity index (χ4v) is 3.31. The van der Waals surface area contributed by atoms with Crippen LogP contribution >= 0.6 is 11.6 Å². The summed E-state index contributed by atoms with van der Waals surface area (Å²) < 4.78 is 0. The Hall–Kier alpha value is -0.530. The van der Waals surface area contributed by atoms with Gasteiger partial charge in [-0.3, -0.25) is 0 Å². The number of halogens is 1. The summed E-state index contributed by atoms with van der Waals surface area (Å²) in [4.78, 5) is 0. The average Bonchev–Trinajstić information content (AvgIpc) is 2.85. The first-order valence-corrected chi connectivity index (χ1v) is 7.58. The van der Waals surface area contributed by atoms with Gasteiger partial charge in [0.05, 0.1) is 0 Å². The molecule has 1 aliphatic carbocycles. The Labute approximate surface area is 116 Å². The van der Waals surface area contributed by atoms with Crippen LogP contribution in [-0.2, 0) is 0 Å². The van der Waals surface area contributed by atoms with Crippen LogP contribution in [0.1, 0.15) is 56.2 Å². The SMILES string of the molecule is CCNC(CC1CCCC1)c1cc(Cl)ccc1C. The van der Waals surface area contributed by atoms with Crippen LogP contribution in [0.2, 0.25) is 5.02 Å². The van der Waals surface area contributed by atoms with Gasteiger partial charge in [0.1, 0.15) is 0 Å². The van der Waals surface area contributed by atoms with E-state index in [1.54, 1.807) is 0 Å². The van der Waals surface area contributed by atoms with E-state index in [1.165, 1.54) is 43.2 Å². The molecule has 1 fully saturated rings. The predicted molar refractivity (Wildman–Crippen MR) is 79.2 cm³/mol. The van der Waals surface area contributed by atoms with Gasteiger partial charge >= 0.3 is 0 Å². The Bertz CT molecular complexity index is 383. The lowest BCUT2D eigenvalue weighted by Crippen LogP contribution is -2.23. The van der Waals surface area contributed by atoms with E-state index in [1.807, 2.05) is 6.07 Å². The molecular weight excluding hydrogens is 242 g/mol. The van der Waals surface area contributed by atoms with Crippen molar-refractivity contribution in [2.45, 2.75) is 52.0 Å². The third kappa shape index (κ3) is 3.49. The van der Waals surface area contributed by atoms with E-state index in [-0.39, 0.29) is 0 Å². The molecular formula is C16H24ClN. The highest BCUT2D eigenvalue weighted by Gasteiger charge is 2.21. The smallest absolute Gasteiger partial charge is 0.0409 e. The molecule has 1 saturated carbocycles. The van der Waals surface area contributed by atoms with Crippen LogP contribution in [0.3, 0.4) is 0 Å². The van der Waals surface area contributed by atoms with Crippen LogP contribution in [0.25, 0.3) is 0 Å². The van der Waals surface area contributed by atoms with Crippen molar-refractivity contribution >= 4 is 11.6 Å². The summed E-state index contributed by atoms with van der Waals surface area (Å²) in [5.41, 5.74) is 2.74. The molecule has 1 atom stereocenters. The quantitative estimate of drug-likeness (QED) is 0.800. The van der Waals surface area contributed by atoms with Gasteiger partial charge in [0.2, 0.25) is 0 Å². The highest BCUT2D eigenvalue weighted by molar-refractivity contribution is 6.30. The Morgan fingerprint density at radius 1 is 1.33 bits per heavy atom. The molecule has 2 heteroatoms. The van der Waals surface area contributed by atoms with Crippen LogP contribution in [0, 0.1) is 12.8 Å². The summed E-state index contributed by atoms with van der Waals surface area (Å²) in [7, 11) is 0. The van der Waals surface area contributed by atoms with Crippen molar-refractivity contribution in [2.24, 2.45) is 5.92 Å². The largest absolute Gasteiger partial charge is 0.310 e. The fraction of sp³-hybridized carbons (Fsp3) is 0.625. The summed E-state index contributed by atoms with van der Waals surface area (Å²) in [6.07, 6.45) is 6.90. The zero-order valence-electron chi connectivity index (χ0n) is 11.5. The molecule has 1 unspecified atom stereocenters. The molecule has 1 aromatic carbocycles. The first kappa shape index (κ1) is 13.9. The highest BCUT2D eigenvalue weighted by Crippen LogP contribution is 2.34. The lowest BCUT2D eigenvalue weighted by molar-refractivity contribution is 0.400. The molecule has 0 spiro atoms. The van der Waals surface area contributed by atoms with Crippen LogP contribution < -0.4 is 5.32 Å². The molecule has 18 heavy (non-hydrogen) atoms. The maximum absolute atomic E-state index is 6.15. The van der Waals surface area contributed by atoms with Crippen molar-refractivity contribution < 1.29 is 0 Å². The molecule has 1 nitrogen and oxygen atoms in total. The maximum atomic E-state index is 6.15. The van der Waals surface area contributed by atoms with Crippen LogP contribution in [0.5, 0.6) is 0 Å². The topological polar surface area (TPSA) is 12.0 Å². The van der Waals surface area contributed by atoms with Gasteiger partial charge in [0, 0.05) is 11.1 Å². The normalized spacial score (nSPS) is 18.2. The second-order valence-electron chi connectivity index (χ2n) is 5.50. The van der Waals surface area contributed by atoms with Crippen molar-refractivity contribution in [3.05, 3.63) is 34.3 Å². The van der Waals surface area contributed by atoms with Gasteiger partial charge in [-0.15, -0.1) is 0 Å². The fourth-order valence-electron chi connectivity index (χ4n) is 3.13. The Kier molecular flexibility index (Phi) is 5.08. The summed E-state index contributed by atoms with van der Waals surface area (Å²) in [5.74, 6) is 0.896. The highest BCUT2D eigenvalue weighted by atomic mass is 35.5. The summed E-state index contributed by atoms with van der Waals surface area (Å²) in [5, 5.41) is 4.49. The number of rotatable bonds is 5. The molecule has 0 saturated heterocycles. The third-order valence-electron chi connectivity index (χ3n) is 4.11. The Morgan fingerprint density at radius 3 is 2.72 bits per heavy atom. The second-order valence-corrected chi connectivity index (χ2v) is 5.93. The zero-order valence-corrected chi connectivity index (χ0v) is 12.3. The monoisotopic (exact) mass is 265 g/mol. The van der Waals surface area contributed by atoms with Crippen molar-refractivity contribution in [3.8, 4) is 0 Å². The summed E-state index contributed by atoms with van der Waals surface area (Å²) >= 11 is 6.15. The first-order valence-electron chi connectivity index (χ1n) is 7.20. The van der Waals surface area contributed by atoms with Gasteiger partial charge in [-0.2, -0.15) is 0 Å². The number of benzene rings is 1. The lowest BCUT2D eigenvalue weighted by Gasteiger charge is -2.23. The van der Waals surface area contributed by atoms with Gasteiger partial charge in [-0.05, 0) is 49.1 Å². The number of hydrogen-bond acceptors (Lipinski definition) is 1. The van der Waals surface area contributed by atoms with Gasteiger partial charge < -0.3 is 5.32 Å². The number of nitrogens with one attached hydrogen (secondary N) is 1. The first-order chi connectivity index (χ1) is 8.70. The summed E-state index contributed by atoms with van der Waals surface area (Å²) in [6.45, 7) is 5.38. The maximum Gasteiger partial charge on any atom is 0.0409 e. The van der Waals surface area contributed by atoms with Crippen molar-refractivity contribution in [2.75, 3.05) is 6.54 Å². The minimum absolute atomic E-state index is 0.469. The summed E-state index contributed by atoms with van der Waals surface area (Å²) in [6, 6.07) is 6.73. The molecule has 1 N–H and O–H groups in total. The van der Waals surface area contributed by atoms with Crippen LogP contribution in [0.15, 0.2) is 18.2 Å². The molecule has 0 bridgehead atoms. The molecule has 0 heterocycles. The van der Waals surface area contributed by atoms with Crippen molar-refractivity contribution in [1.82, 2.24) is 5.32 Å². The van der Waals surface area contributed by atoms with E-state index in [4.69, 9.17) is 11.6 Å². The standard InChI is InChI=1S/C16H24ClN/c1-3-18-16(10-13-6-4-5-7-13)15-11-14(17)9-8-12(15)2/h8-9,11,13,16,18H,3-7,10H2,1-2H3. The van der Waals surface area contributed by atoms with E-state index in [9.17, 15) is 0 Å². The van der Waals surface area contributed by atoms with E-state index in [0.717, 1.165) is 17.5 Å². The minimum Gasteiger partial charge on any atom is -0.310 e. The molecule has 2 rings (SSSR count). The molecule has 0 aromatic heterocycles. The number of hydrogen-bond donors (Lipinski definition) is 1. The van der Waals surface area contributed by atoms with E-state index >= 15 is 0 Å². The molecule has 0 aliphatic heterocycles. The van der Waals surface area contributed by atoms with E-state index < -0.39 is 0 Å². The van der Waals surface area contributed by atoms with Crippen molar-refractivity contribution in [1.29, 1.82) is 0 Å². The van der Waals surface area contributed by atoms with Gasteiger partial charge in [0.15, 0.2) is 0 Å². The van der Waals surface area contributed by atoms with Crippen LogP contribution in [-0.4, -0.2) is 6.54 Å². The average molecular weight is 266 g/mol. The molecule has 1 aromatic rings. The molecule has 0 radical (unpaired) electrons. The minimum atomic E-state index is 0.469. The van der Waals surface area contributed by atoms with Gasteiger partial charge in [-0.25, -0.2) is 0 Å². The van der Waals surface area contributed by atoms with E-state index in [2.05, 4.69) is 31.3 Å². The van der Waals surface area contributed by atoms with Gasteiger partial charge in [0.25, 0.3) is 0 Å². The second kappa shape index (κ2) is 6.58. The van der Waals surface area contributed by atoms with Crippen molar-refractivity contribution in [3.63, 3.8) is 0 Å². The van der Waals surface area contributed by atoms with Crippen LogP contribution in [0.4, 0.5) is 0 Å². The van der Waals surface area contributed by atoms with Gasteiger partial charge in [-0.1, -0.05) is 50.3 Å².